The number of amides is 1. The molecule has 1 aromatic carbocycles. The minimum Gasteiger partial charge on any atom is -0.508 e. The smallest absolute Gasteiger partial charge is 0.228 e. The fourth-order valence-electron chi connectivity index (χ4n) is 1.92. The quantitative estimate of drug-likeness (QED) is 0.751. The molecule has 0 saturated heterocycles. The van der Waals surface area contributed by atoms with Crippen molar-refractivity contribution >= 4 is 11.6 Å². The molecule has 0 radical (unpaired) electrons. The molecule has 0 aromatic heterocycles. The Balaban J connectivity index is 2.07. The van der Waals surface area contributed by atoms with Gasteiger partial charge in [-0.05, 0) is 42.5 Å². The fraction of sp³-hybridized carbons (Fsp3) is 0.462. The molecule has 1 saturated carbocycles. The normalized spacial score (nSPS) is 21.6. The highest BCUT2D eigenvalue weighted by molar-refractivity contribution is 5.95. The molecular weight excluding hydrogens is 202 g/mol. The minimum atomic E-state index is 0.0822. The minimum absolute atomic E-state index is 0.0822. The van der Waals surface area contributed by atoms with Gasteiger partial charge in [0.2, 0.25) is 5.91 Å². The number of aryl methyl sites for hydroxylation is 1. The molecule has 0 bridgehead atoms. The van der Waals surface area contributed by atoms with Crippen LogP contribution in [0.1, 0.15) is 25.8 Å². The number of benzene rings is 1. The van der Waals surface area contributed by atoms with E-state index in [1.807, 2.05) is 6.92 Å². The molecule has 0 spiro atoms. The number of phenols is 1. The highest BCUT2D eigenvalue weighted by Gasteiger charge is 2.50. The number of phenolic OH excluding ortho intramolecular Hbond substituents is 1. The molecule has 1 aromatic rings. The molecule has 1 amide bonds. The van der Waals surface area contributed by atoms with Crippen molar-refractivity contribution in [3.8, 4) is 5.75 Å². The molecule has 16 heavy (non-hydrogen) atoms. The number of hydrogen-bond donors (Lipinski definition) is 2. The molecule has 1 atom stereocenters. The Labute approximate surface area is 95.5 Å². The van der Waals surface area contributed by atoms with Crippen LogP contribution in [0.4, 0.5) is 5.69 Å². The van der Waals surface area contributed by atoms with Crippen LogP contribution in [0.3, 0.4) is 0 Å². The van der Waals surface area contributed by atoms with E-state index in [1.165, 1.54) is 0 Å². The largest absolute Gasteiger partial charge is 0.508 e. The maximum atomic E-state index is 11.9. The third kappa shape index (κ3) is 2.03. The first kappa shape index (κ1) is 11.0. The van der Waals surface area contributed by atoms with Gasteiger partial charge in [0.25, 0.3) is 0 Å². The summed E-state index contributed by atoms with van der Waals surface area (Å²) < 4.78 is 0. The summed E-state index contributed by atoms with van der Waals surface area (Å²) in [7, 11) is 0. The number of aromatic hydroxyl groups is 1. The van der Waals surface area contributed by atoms with Gasteiger partial charge in [-0.3, -0.25) is 4.79 Å². The van der Waals surface area contributed by atoms with Crippen LogP contribution in [-0.4, -0.2) is 11.0 Å². The zero-order valence-electron chi connectivity index (χ0n) is 9.87. The summed E-state index contributed by atoms with van der Waals surface area (Å²) in [6.45, 7) is 6.06. The lowest BCUT2D eigenvalue weighted by Crippen LogP contribution is -2.17. The molecule has 1 aliphatic rings. The Morgan fingerprint density at radius 3 is 2.62 bits per heavy atom. The van der Waals surface area contributed by atoms with Crippen LogP contribution in [0.25, 0.3) is 0 Å². The van der Waals surface area contributed by atoms with Crippen LogP contribution >= 0.6 is 0 Å². The summed E-state index contributed by atoms with van der Waals surface area (Å²) in [4.78, 5) is 11.9. The van der Waals surface area contributed by atoms with Gasteiger partial charge in [-0.2, -0.15) is 0 Å². The van der Waals surface area contributed by atoms with Gasteiger partial charge in [0.05, 0.1) is 0 Å². The van der Waals surface area contributed by atoms with Crippen molar-refractivity contribution in [3.05, 3.63) is 23.8 Å². The molecular formula is C13H17NO2. The molecule has 0 aliphatic heterocycles. The van der Waals surface area contributed by atoms with E-state index in [0.717, 1.165) is 17.7 Å². The second kappa shape index (κ2) is 3.51. The van der Waals surface area contributed by atoms with Crippen molar-refractivity contribution in [2.45, 2.75) is 27.2 Å². The van der Waals surface area contributed by atoms with Gasteiger partial charge in [-0.25, -0.2) is 0 Å². The predicted molar refractivity (Wildman–Crippen MR) is 63.4 cm³/mol. The van der Waals surface area contributed by atoms with E-state index in [-0.39, 0.29) is 23.0 Å². The van der Waals surface area contributed by atoms with E-state index in [1.54, 1.807) is 18.2 Å². The summed E-state index contributed by atoms with van der Waals surface area (Å²) in [6, 6.07) is 4.96. The van der Waals surface area contributed by atoms with Crippen molar-refractivity contribution in [3.63, 3.8) is 0 Å². The fourth-order valence-corrected chi connectivity index (χ4v) is 1.92. The van der Waals surface area contributed by atoms with Crippen molar-refractivity contribution in [1.82, 2.24) is 0 Å². The lowest BCUT2D eigenvalue weighted by molar-refractivity contribution is -0.118. The highest BCUT2D eigenvalue weighted by atomic mass is 16.3. The Morgan fingerprint density at radius 2 is 2.12 bits per heavy atom. The molecule has 2 rings (SSSR count). The van der Waals surface area contributed by atoms with Gasteiger partial charge in [-0.15, -0.1) is 0 Å². The average Bonchev–Trinajstić information content (AvgIpc) is 2.80. The Hall–Kier alpha value is -1.51. The van der Waals surface area contributed by atoms with E-state index in [9.17, 15) is 9.90 Å². The van der Waals surface area contributed by atoms with Crippen molar-refractivity contribution in [2.24, 2.45) is 11.3 Å². The van der Waals surface area contributed by atoms with E-state index in [2.05, 4.69) is 19.2 Å². The van der Waals surface area contributed by atoms with Crippen LogP contribution in [0, 0.1) is 18.3 Å². The maximum Gasteiger partial charge on any atom is 0.228 e. The molecule has 2 N–H and O–H groups in total. The lowest BCUT2D eigenvalue weighted by atomic mass is 10.1. The number of hydrogen-bond acceptors (Lipinski definition) is 2. The first-order chi connectivity index (χ1) is 7.40. The molecule has 0 heterocycles. The van der Waals surface area contributed by atoms with Gasteiger partial charge in [-0.1, -0.05) is 13.8 Å². The van der Waals surface area contributed by atoms with Crippen LogP contribution in [0.5, 0.6) is 5.75 Å². The van der Waals surface area contributed by atoms with Gasteiger partial charge in [0.1, 0.15) is 5.75 Å². The van der Waals surface area contributed by atoms with Crippen molar-refractivity contribution in [2.75, 3.05) is 5.32 Å². The third-order valence-corrected chi connectivity index (χ3v) is 3.30. The summed E-state index contributed by atoms with van der Waals surface area (Å²) in [5.41, 5.74) is 1.81. The molecule has 3 heteroatoms. The van der Waals surface area contributed by atoms with Crippen molar-refractivity contribution < 1.29 is 9.90 Å². The lowest BCUT2D eigenvalue weighted by Gasteiger charge is -2.09. The monoisotopic (exact) mass is 219 g/mol. The summed E-state index contributed by atoms with van der Waals surface area (Å²) >= 11 is 0. The van der Waals surface area contributed by atoms with Crippen LogP contribution in [-0.2, 0) is 4.79 Å². The number of carbonyl (C=O) groups is 1. The number of nitrogens with one attached hydrogen (secondary N) is 1. The molecule has 86 valence electrons. The van der Waals surface area contributed by atoms with Gasteiger partial charge < -0.3 is 10.4 Å². The SMILES string of the molecule is Cc1cc(O)ccc1NC(=O)C1CC1(C)C. The molecule has 1 unspecified atom stereocenters. The van der Waals surface area contributed by atoms with E-state index < -0.39 is 0 Å². The number of rotatable bonds is 2. The third-order valence-electron chi connectivity index (χ3n) is 3.30. The first-order valence-corrected chi connectivity index (χ1v) is 5.50. The summed E-state index contributed by atoms with van der Waals surface area (Å²) in [6.07, 6.45) is 0.954. The van der Waals surface area contributed by atoms with Crippen LogP contribution in [0.2, 0.25) is 0 Å². The summed E-state index contributed by atoms with van der Waals surface area (Å²) in [5.74, 6) is 0.432. The van der Waals surface area contributed by atoms with Crippen molar-refractivity contribution in [1.29, 1.82) is 0 Å². The Kier molecular flexibility index (Phi) is 2.41. The summed E-state index contributed by atoms with van der Waals surface area (Å²) in [5, 5.41) is 12.2. The number of anilines is 1. The van der Waals surface area contributed by atoms with E-state index in [0.29, 0.717) is 0 Å². The first-order valence-electron chi connectivity index (χ1n) is 5.50. The highest BCUT2D eigenvalue weighted by Crippen LogP contribution is 2.52. The topological polar surface area (TPSA) is 49.3 Å². The van der Waals surface area contributed by atoms with Crippen LogP contribution in [0.15, 0.2) is 18.2 Å². The second-order valence-electron chi connectivity index (χ2n) is 5.23. The molecule has 1 fully saturated rings. The molecule has 1 aliphatic carbocycles. The van der Waals surface area contributed by atoms with E-state index >= 15 is 0 Å². The second-order valence-corrected chi connectivity index (χ2v) is 5.23. The van der Waals surface area contributed by atoms with Gasteiger partial charge in [0.15, 0.2) is 0 Å². The molecule has 3 nitrogen and oxygen atoms in total. The Morgan fingerprint density at radius 1 is 1.50 bits per heavy atom. The standard InChI is InChI=1S/C13H17NO2/c1-8-6-9(15)4-5-11(8)14-12(16)10-7-13(10,2)3/h4-6,10,15H,7H2,1-3H3,(H,14,16). The van der Waals surface area contributed by atoms with Gasteiger partial charge >= 0.3 is 0 Å². The number of carbonyl (C=O) groups excluding carboxylic acids is 1. The predicted octanol–water partition coefficient (Wildman–Crippen LogP) is 2.69. The Bertz CT molecular complexity index is 438. The maximum absolute atomic E-state index is 11.9. The van der Waals surface area contributed by atoms with Gasteiger partial charge in [0, 0.05) is 11.6 Å². The zero-order valence-corrected chi connectivity index (χ0v) is 9.87. The zero-order chi connectivity index (χ0) is 11.9. The van der Waals surface area contributed by atoms with Crippen LogP contribution < -0.4 is 5.32 Å². The van der Waals surface area contributed by atoms with E-state index in [4.69, 9.17) is 0 Å². The average molecular weight is 219 g/mol.